The lowest BCUT2D eigenvalue weighted by Gasteiger charge is -2.19. The van der Waals surface area contributed by atoms with Crippen molar-refractivity contribution in [2.24, 2.45) is 4.99 Å². The van der Waals surface area contributed by atoms with Gasteiger partial charge in [-0.3, -0.25) is 9.79 Å². The van der Waals surface area contributed by atoms with Gasteiger partial charge in [0.25, 0.3) is 0 Å². The number of amides is 1. The number of rotatable bonds is 9. The van der Waals surface area contributed by atoms with Crippen LogP contribution in [0.5, 0.6) is 17.4 Å². The Morgan fingerprint density at radius 1 is 1.22 bits per heavy atom. The number of ether oxygens (including phenoxy) is 2. The number of likely N-dealkylation sites (tertiary alicyclic amines) is 1. The van der Waals surface area contributed by atoms with Crippen LogP contribution < -0.4 is 20.1 Å². The summed E-state index contributed by atoms with van der Waals surface area (Å²) in [5.41, 5.74) is 0.898. The predicted octanol–water partition coefficient (Wildman–Crippen LogP) is 3.34. The van der Waals surface area contributed by atoms with E-state index in [1.165, 1.54) is 0 Å². The topological polar surface area (TPSA) is 88.1 Å². The molecule has 3 rings (SSSR count). The Bertz CT molecular complexity index is 918. The molecule has 32 heavy (non-hydrogen) atoms. The Morgan fingerprint density at radius 3 is 2.78 bits per heavy atom. The van der Waals surface area contributed by atoms with Gasteiger partial charge in [-0.2, -0.15) is 0 Å². The van der Waals surface area contributed by atoms with Crippen LogP contribution >= 0.6 is 0 Å². The number of para-hydroxylation sites is 2. The largest absolute Gasteiger partial charge is 0.490 e. The lowest BCUT2D eigenvalue weighted by atomic mass is 10.2. The molecule has 1 aromatic carbocycles. The normalized spacial score (nSPS) is 16.0. The van der Waals surface area contributed by atoms with Crippen LogP contribution in [0.15, 0.2) is 47.6 Å². The number of aliphatic imine (C=N–C) groups is 1. The lowest BCUT2D eigenvalue weighted by Crippen LogP contribution is -2.44. The van der Waals surface area contributed by atoms with Crippen LogP contribution in [0.25, 0.3) is 0 Å². The van der Waals surface area contributed by atoms with Crippen LogP contribution in [0.2, 0.25) is 0 Å². The molecule has 8 heteroatoms. The number of carbonyl (C=O) groups excluding carboxylic acids is 1. The second-order valence-electron chi connectivity index (χ2n) is 7.61. The molecule has 0 saturated carbocycles. The highest BCUT2D eigenvalue weighted by atomic mass is 16.5. The summed E-state index contributed by atoms with van der Waals surface area (Å²) in [5.74, 6) is 2.72. The summed E-state index contributed by atoms with van der Waals surface area (Å²) in [5, 5.41) is 6.74. The van der Waals surface area contributed by atoms with Crippen molar-refractivity contribution in [2.75, 3.05) is 26.7 Å². The number of hydrogen-bond acceptors (Lipinski definition) is 5. The van der Waals surface area contributed by atoms with E-state index in [0.717, 1.165) is 24.9 Å². The molecule has 1 fully saturated rings. The molecule has 1 aromatic heterocycles. The lowest BCUT2D eigenvalue weighted by molar-refractivity contribution is -0.129. The first kappa shape index (κ1) is 23.4. The molecule has 8 nitrogen and oxygen atoms in total. The monoisotopic (exact) mass is 439 g/mol. The molecule has 2 N–H and O–H groups in total. The van der Waals surface area contributed by atoms with Crippen LogP contribution in [-0.2, 0) is 11.3 Å². The maximum Gasteiger partial charge on any atom is 0.224 e. The fourth-order valence-electron chi connectivity index (χ4n) is 3.52. The first-order valence-corrected chi connectivity index (χ1v) is 11.2. The van der Waals surface area contributed by atoms with Gasteiger partial charge in [-0.25, -0.2) is 4.98 Å². The van der Waals surface area contributed by atoms with Gasteiger partial charge in [0, 0.05) is 50.9 Å². The van der Waals surface area contributed by atoms with Gasteiger partial charge in [0.05, 0.1) is 6.61 Å². The van der Waals surface area contributed by atoms with Crippen LogP contribution in [0.3, 0.4) is 0 Å². The molecule has 0 radical (unpaired) electrons. The highest BCUT2D eigenvalue weighted by Crippen LogP contribution is 2.31. The number of nitrogens with zero attached hydrogens (tertiary/aromatic N) is 3. The van der Waals surface area contributed by atoms with Gasteiger partial charge in [0.15, 0.2) is 17.5 Å². The van der Waals surface area contributed by atoms with E-state index in [4.69, 9.17) is 9.47 Å². The minimum absolute atomic E-state index is 0.184. The summed E-state index contributed by atoms with van der Waals surface area (Å²) in [6.07, 6.45) is 4.07. The molecule has 1 unspecified atom stereocenters. The van der Waals surface area contributed by atoms with Gasteiger partial charge in [-0.15, -0.1) is 0 Å². The van der Waals surface area contributed by atoms with E-state index >= 15 is 0 Å². The summed E-state index contributed by atoms with van der Waals surface area (Å²) >= 11 is 0. The molecule has 2 aromatic rings. The van der Waals surface area contributed by atoms with E-state index in [-0.39, 0.29) is 11.9 Å². The van der Waals surface area contributed by atoms with E-state index < -0.39 is 0 Å². The van der Waals surface area contributed by atoms with Crippen molar-refractivity contribution in [2.45, 2.75) is 45.7 Å². The molecule has 1 saturated heterocycles. The van der Waals surface area contributed by atoms with E-state index in [2.05, 4.69) is 27.5 Å². The second kappa shape index (κ2) is 11.9. The summed E-state index contributed by atoms with van der Waals surface area (Å²) < 4.78 is 11.9. The van der Waals surface area contributed by atoms with Gasteiger partial charge in [0.1, 0.15) is 0 Å². The number of guanidine groups is 1. The third kappa shape index (κ3) is 6.35. The number of nitrogens with one attached hydrogen (secondary N) is 2. The van der Waals surface area contributed by atoms with Crippen molar-refractivity contribution in [3.05, 3.63) is 48.2 Å². The SMILES string of the molecule is CCCOc1ccccc1Oc1ncccc1CNC(=NC)NC1CCN(C(=O)CC)C1. The van der Waals surface area contributed by atoms with E-state index in [1.807, 2.05) is 48.2 Å². The zero-order chi connectivity index (χ0) is 22.8. The highest BCUT2D eigenvalue weighted by Gasteiger charge is 2.25. The first-order chi connectivity index (χ1) is 15.6. The number of carbonyl (C=O) groups is 1. The molecular formula is C24H33N5O3. The van der Waals surface area contributed by atoms with Crippen molar-refractivity contribution in [3.63, 3.8) is 0 Å². The quantitative estimate of drug-likeness (QED) is 0.460. The summed E-state index contributed by atoms with van der Waals surface area (Å²) in [4.78, 5) is 22.6. The Kier molecular flexibility index (Phi) is 8.71. The van der Waals surface area contributed by atoms with Gasteiger partial charge in [-0.1, -0.05) is 32.0 Å². The van der Waals surface area contributed by atoms with Crippen LogP contribution in [0.1, 0.15) is 38.7 Å². The molecular weight excluding hydrogens is 406 g/mol. The van der Waals surface area contributed by atoms with Crippen molar-refractivity contribution >= 4 is 11.9 Å². The molecule has 1 atom stereocenters. The van der Waals surface area contributed by atoms with Gasteiger partial charge < -0.3 is 25.0 Å². The third-order valence-corrected chi connectivity index (χ3v) is 5.22. The van der Waals surface area contributed by atoms with Crippen LogP contribution in [0, 0.1) is 0 Å². The Labute approximate surface area is 190 Å². The summed E-state index contributed by atoms with van der Waals surface area (Å²) in [6, 6.07) is 11.6. The Balaban J connectivity index is 1.61. The average Bonchev–Trinajstić information content (AvgIpc) is 3.30. The zero-order valence-corrected chi connectivity index (χ0v) is 19.1. The molecule has 1 aliphatic heterocycles. The van der Waals surface area contributed by atoms with Crippen molar-refractivity contribution in [3.8, 4) is 17.4 Å². The fraction of sp³-hybridized carbons (Fsp3) is 0.458. The van der Waals surface area contributed by atoms with Gasteiger partial charge in [-0.05, 0) is 31.0 Å². The summed E-state index contributed by atoms with van der Waals surface area (Å²) in [7, 11) is 1.74. The van der Waals surface area contributed by atoms with Crippen molar-refractivity contribution < 1.29 is 14.3 Å². The molecule has 0 bridgehead atoms. The molecule has 0 aliphatic carbocycles. The number of aromatic nitrogens is 1. The molecule has 0 spiro atoms. The second-order valence-corrected chi connectivity index (χ2v) is 7.61. The highest BCUT2D eigenvalue weighted by molar-refractivity contribution is 5.80. The van der Waals surface area contributed by atoms with Crippen molar-refractivity contribution in [1.82, 2.24) is 20.5 Å². The molecule has 1 amide bonds. The fourth-order valence-corrected chi connectivity index (χ4v) is 3.52. The van der Waals surface area contributed by atoms with Crippen LogP contribution in [-0.4, -0.2) is 54.5 Å². The third-order valence-electron chi connectivity index (χ3n) is 5.22. The van der Waals surface area contributed by atoms with Crippen LogP contribution in [0.4, 0.5) is 0 Å². The number of benzene rings is 1. The van der Waals surface area contributed by atoms with E-state index in [0.29, 0.717) is 49.5 Å². The minimum atomic E-state index is 0.184. The molecule has 1 aliphatic rings. The first-order valence-electron chi connectivity index (χ1n) is 11.2. The van der Waals surface area contributed by atoms with E-state index in [9.17, 15) is 4.79 Å². The summed E-state index contributed by atoms with van der Waals surface area (Å²) in [6.45, 7) is 6.56. The number of hydrogen-bond donors (Lipinski definition) is 2. The Hall–Kier alpha value is -3.29. The zero-order valence-electron chi connectivity index (χ0n) is 19.1. The van der Waals surface area contributed by atoms with E-state index in [1.54, 1.807) is 13.2 Å². The van der Waals surface area contributed by atoms with Crippen molar-refractivity contribution in [1.29, 1.82) is 0 Å². The smallest absolute Gasteiger partial charge is 0.224 e. The molecule has 172 valence electrons. The van der Waals surface area contributed by atoms with Gasteiger partial charge >= 0.3 is 0 Å². The Morgan fingerprint density at radius 2 is 2.03 bits per heavy atom. The predicted molar refractivity (Wildman–Crippen MR) is 125 cm³/mol. The average molecular weight is 440 g/mol. The standard InChI is InChI=1S/C24H33N5O3/c1-4-15-31-20-10-6-7-11-21(20)32-23-18(9-8-13-26-23)16-27-24(25-3)28-19-12-14-29(17-19)22(30)5-2/h6-11,13,19H,4-5,12,14-17H2,1-3H3,(H2,25,27,28). The van der Waals surface area contributed by atoms with Gasteiger partial charge in [0.2, 0.25) is 11.8 Å². The molecule has 2 heterocycles. The number of pyridine rings is 1. The maximum absolute atomic E-state index is 11.9. The maximum atomic E-state index is 11.9. The minimum Gasteiger partial charge on any atom is -0.490 e.